The van der Waals surface area contributed by atoms with E-state index in [2.05, 4.69) is 87.5 Å². The highest BCUT2D eigenvalue weighted by atomic mass is 79.9. The molecule has 0 radical (unpaired) electrons. The quantitative estimate of drug-likeness (QED) is 0.561. The molecule has 4 rings (SSSR count). The minimum absolute atomic E-state index is 0.284. The van der Waals surface area contributed by atoms with Crippen molar-refractivity contribution in [3.8, 4) is 0 Å². The van der Waals surface area contributed by atoms with E-state index < -0.39 is 0 Å². The number of nitrogens with zero attached hydrogens (tertiary/aromatic N) is 2. The first kappa shape index (κ1) is 17.5. The molecule has 4 heteroatoms. The zero-order chi connectivity index (χ0) is 18.0. The molecule has 1 aliphatic rings. The largest absolute Gasteiger partial charge is 0.364 e. The van der Waals surface area contributed by atoms with Crippen LogP contribution in [-0.4, -0.2) is 23.1 Å². The first-order chi connectivity index (χ1) is 12.7. The third-order valence-electron chi connectivity index (χ3n) is 5.72. The van der Waals surface area contributed by atoms with E-state index in [0.717, 1.165) is 23.1 Å². The van der Waals surface area contributed by atoms with Gasteiger partial charge in [-0.1, -0.05) is 69.6 Å². The molecule has 0 N–H and O–H groups in total. The van der Waals surface area contributed by atoms with Gasteiger partial charge in [-0.3, -0.25) is 4.90 Å². The third-order valence-corrected chi connectivity index (χ3v) is 6.41. The van der Waals surface area contributed by atoms with E-state index in [1.54, 1.807) is 6.26 Å². The van der Waals surface area contributed by atoms with Gasteiger partial charge in [0.2, 0.25) is 0 Å². The van der Waals surface area contributed by atoms with Crippen molar-refractivity contribution in [2.45, 2.75) is 31.2 Å². The van der Waals surface area contributed by atoms with Crippen molar-refractivity contribution in [1.82, 2.24) is 10.1 Å². The summed E-state index contributed by atoms with van der Waals surface area (Å²) in [6.07, 6.45) is 6.05. The number of aromatic nitrogens is 1. The van der Waals surface area contributed by atoms with Crippen LogP contribution >= 0.6 is 15.9 Å². The summed E-state index contributed by atoms with van der Waals surface area (Å²) in [5, 5.41) is 4.00. The summed E-state index contributed by atoms with van der Waals surface area (Å²) in [6.45, 7) is 4.37. The van der Waals surface area contributed by atoms with Crippen LogP contribution in [0.2, 0.25) is 0 Å². The smallest absolute Gasteiger partial charge is 0.129 e. The van der Waals surface area contributed by atoms with Crippen molar-refractivity contribution in [2.75, 3.05) is 13.1 Å². The fraction of sp³-hybridized carbons (Fsp3) is 0.318. The highest BCUT2D eigenvalue weighted by molar-refractivity contribution is 9.10. The van der Waals surface area contributed by atoms with Gasteiger partial charge in [0.15, 0.2) is 0 Å². The lowest BCUT2D eigenvalue weighted by atomic mass is 9.81. The van der Waals surface area contributed by atoms with Crippen molar-refractivity contribution >= 4 is 15.9 Å². The van der Waals surface area contributed by atoms with E-state index in [1.807, 2.05) is 6.20 Å². The van der Waals surface area contributed by atoms with Crippen LogP contribution in [0.3, 0.4) is 0 Å². The Balaban J connectivity index is 1.74. The summed E-state index contributed by atoms with van der Waals surface area (Å²) in [5.41, 5.74) is 3.49. The zero-order valence-corrected chi connectivity index (χ0v) is 16.5. The van der Waals surface area contributed by atoms with Gasteiger partial charge in [0, 0.05) is 16.6 Å². The predicted octanol–water partition coefficient (Wildman–Crippen LogP) is 5.58. The molecule has 0 aliphatic carbocycles. The molecule has 1 saturated heterocycles. The fourth-order valence-corrected chi connectivity index (χ4v) is 4.86. The summed E-state index contributed by atoms with van der Waals surface area (Å²) in [7, 11) is 0. The Kier molecular flexibility index (Phi) is 4.96. The van der Waals surface area contributed by atoms with Gasteiger partial charge < -0.3 is 4.52 Å². The lowest BCUT2D eigenvalue weighted by molar-refractivity contribution is 0.0982. The van der Waals surface area contributed by atoms with Gasteiger partial charge in [-0.15, -0.1) is 0 Å². The summed E-state index contributed by atoms with van der Waals surface area (Å²) < 4.78 is 6.35. The van der Waals surface area contributed by atoms with Crippen molar-refractivity contribution in [1.29, 1.82) is 0 Å². The molecule has 0 saturated carbocycles. The van der Waals surface area contributed by atoms with Crippen LogP contribution in [0, 0.1) is 0 Å². The van der Waals surface area contributed by atoms with Gasteiger partial charge in [-0.2, -0.15) is 0 Å². The van der Waals surface area contributed by atoms with Crippen LogP contribution in [0.15, 0.2) is 76.1 Å². The minimum Gasteiger partial charge on any atom is -0.364 e. The summed E-state index contributed by atoms with van der Waals surface area (Å²) >= 11 is 3.77. The molecule has 2 heterocycles. The van der Waals surface area contributed by atoms with E-state index in [0.29, 0.717) is 5.92 Å². The van der Waals surface area contributed by atoms with E-state index in [-0.39, 0.29) is 5.54 Å². The van der Waals surface area contributed by atoms with Crippen molar-refractivity contribution in [3.63, 3.8) is 0 Å². The molecule has 134 valence electrons. The third kappa shape index (κ3) is 3.12. The Morgan fingerprint density at radius 1 is 1.12 bits per heavy atom. The number of halogens is 1. The predicted molar refractivity (Wildman–Crippen MR) is 107 cm³/mol. The maximum atomic E-state index is 5.23. The number of piperidine rings is 1. The zero-order valence-electron chi connectivity index (χ0n) is 14.9. The van der Waals surface area contributed by atoms with Gasteiger partial charge in [0.25, 0.3) is 0 Å². The Morgan fingerprint density at radius 2 is 1.88 bits per heavy atom. The standard InChI is InChI=1S/C22H23BrN2O/c1-22(19-14-24-26-16-19,20-11-5-6-12-21(20)23)25-13-7-10-18(15-25)17-8-3-2-4-9-17/h2-6,8-9,11-12,14,16,18H,7,10,13,15H2,1H3. The van der Waals surface area contributed by atoms with Crippen LogP contribution in [0.5, 0.6) is 0 Å². The first-order valence-corrected chi connectivity index (χ1v) is 9.94. The highest BCUT2D eigenvalue weighted by Gasteiger charge is 2.40. The number of hydrogen-bond acceptors (Lipinski definition) is 3. The van der Waals surface area contributed by atoms with Crippen LogP contribution in [0.25, 0.3) is 0 Å². The maximum Gasteiger partial charge on any atom is 0.129 e. The van der Waals surface area contributed by atoms with Crippen molar-refractivity contribution < 1.29 is 4.52 Å². The molecule has 1 fully saturated rings. The molecule has 2 unspecified atom stereocenters. The number of hydrogen-bond donors (Lipinski definition) is 0. The highest BCUT2D eigenvalue weighted by Crippen LogP contribution is 2.42. The van der Waals surface area contributed by atoms with Crippen LogP contribution in [-0.2, 0) is 5.54 Å². The molecule has 1 aromatic heterocycles. The van der Waals surface area contributed by atoms with Crippen molar-refractivity contribution in [3.05, 3.63) is 88.2 Å². The number of likely N-dealkylation sites (tertiary alicyclic amines) is 1. The Labute approximate surface area is 163 Å². The van der Waals surface area contributed by atoms with Gasteiger partial charge in [-0.25, -0.2) is 0 Å². The molecule has 3 nitrogen and oxygen atoms in total. The van der Waals surface area contributed by atoms with Gasteiger partial charge >= 0.3 is 0 Å². The van der Waals surface area contributed by atoms with Gasteiger partial charge in [-0.05, 0) is 49.4 Å². The average molecular weight is 411 g/mol. The molecule has 26 heavy (non-hydrogen) atoms. The van der Waals surface area contributed by atoms with Gasteiger partial charge in [0.1, 0.15) is 6.26 Å². The van der Waals surface area contributed by atoms with Crippen LogP contribution < -0.4 is 0 Å². The molecule has 0 spiro atoms. The molecular formula is C22H23BrN2O. The van der Waals surface area contributed by atoms with Gasteiger partial charge in [0.05, 0.1) is 11.7 Å². The second-order valence-corrected chi connectivity index (χ2v) is 8.02. The Bertz CT molecular complexity index is 850. The molecule has 3 aromatic rings. The summed E-state index contributed by atoms with van der Waals surface area (Å²) in [6, 6.07) is 19.3. The normalized spacial score (nSPS) is 20.6. The Morgan fingerprint density at radius 3 is 2.62 bits per heavy atom. The van der Waals surface area contributed by atoms with Crippen LogP contribution in [0.1, 0.15) is 42.4 Å². The molecular weight excluding hydrogens is 388 g/mol. The van der Waals surface area contributed by atoms with Crippen LogP contribution in [0.4, 0.5) is 0 Å². The number of rotatable bonds is 4. The average Bonchev–Trinajstić information content (AvgIpc) is 3.24. The number of benzene rings is 2. The molecule has 1 aliphatic heterocycles. The van der Waals surface area contributed by atoms with E-state index in [4.69, 9.17) is 4.52 Å². The SMILES string of the molecule is CC(c1cnoc1)(c1ccccc1Br)N1CCCC(c2ccccc2)C1. The Hall–Kier alpha value is -1.91. The lowest BCUT2D eigenvalue weighted by Gasteiger charge is -2.46. The summed E-state index contributed by atoms with van der Waals surface area (Å²) in [4.78, 5) is 2.58. The monoisotopic (exact) mass is 410 g/mol. The topological polar surface area (TPSA) is 29.3 Å². The van der Waals surface area contributed by atoms with Crippen molar-refractivity contribution in [2.24, 2.45) is 0 Å². The maximum absolute atomic E-state index is 5.23. The minimum atomic E-state index is -0.284. The fourth-order valence-electron chi connectivity index (χ4n) is 4.19. The molecule has 2 atom stereocenters. The summed E-state index contributed by atoms with van der Waals surface area (Å²) in [5.74, 6) is 0.548. The van der Waals surface area contributed by atoms with E-state index in [9.17, 15) is 0 Å². The van der Waals surface area contributed by atoms with E-state index >= 15 is 0 Å². The molecule has 2 aromatic carbocycles. The molecule has 0 amide bonds. The first-order valence-electron chi connectivity index (χ1n) is 9.14. The second-order valence-electron chi connectivity index (χ2n) is 7.16. The van der Waals surface area contributed by atoms with E-state index in [1.165, 1.54) is 24.0 Å². The molecule has 0 bridgehead atoms. The second kappa shape index (κ2) is 7.37. The lowest BCUT2D eigenvalue weighted by Crippen LogP contribution is -2.49.